The van der Waals surface area contributed by atoms with Crippen molar-refractivity contribution in [3.63, 3.8) is 0 Å². The molecule has 0 aliphatic rings. The smallest absolute Gasteiger partial charge is 0.240 e. The van der Waals surface area contributed by atoms with Gasteiger partial charge in [0.15, 0.2) is 0 Å². The summed E-state index contributed by atoms with van der Waals surface area (Å²) in [6.45, 7) is 3.66. The molecule has 2 aromatic heterocycles. The second-order valence-corrected chi connectivity index (χ2v) is 3.40. The fraction of sp³-hybridized carbons (Fsp3) is 0.364. The zero-order chi connectivity index (χ0) is 11.2. The van der Waals surface area contributed by atoms with E-state index in [0.717, 1.165) is 18.7 Å². The lowest BCUT2D eigenvalue weighted by molar-refractivity contribution is 0.368. The Balaban J connectivity index is 2.02. The number of aromatic nitrogens is 3. The van der Waals surface area contributed by atoms with Crippen LogP contribution in [0.5, 0.6) is 0 Å². The number of nitrogens with one attached hydrogen (secondary N) is 1. The molecule has 0 aliphatic carbocycles. The van der Waals surface area contributed by atoms with Crippen molar-refractivity contribution >= 4 is 0 Å². The van der Waals surface area contributed by atoms with Crippen molar-refractivity contribution in [2.75, 3.05) is 6.54 Å². The molecule has 0 fully saturated rings. The van der Waals surface area contributed by atoms with Crippen LogP contribution in [-0.2, 0) is 6.54 Å². The van der Waals surface area contributed by atoms with E-state index in [4.69, 9.17) is 4.52 Å². The van der Waals surface area contributed by atoms with Gasteiger partial charge in [-0.05, 0) is 25.1 Å². The molecule has 2 aromatic rings. The van der Waals surface area contributed by atoms with Gasteiger partial charge in [-0.1, -0.05) is 18.1 Å². The van der Waals surface area contributed by atoms with Crippen molar-refractivity contribution < 1.29 is 4.52 Å². The standard InChI is InChI=1S/C11H14N4O/c1-2-6-12-8-10-14-11(15-16-10)9-5-3-4-7-13-9/h3-5,7,12H,2,6,8H2,1H3. The molecule has 1 N–H and O–H groups in total. The number of hydrogen-bond acceptors (Lipinski definition) is 5. The van der Waals surface area contributed by atoms with Gasteiger partial charge in [0.25, 0.3) is 0 Å². The molecule has 0 atom stereocenters. The molecule has 2 heterocycles. The van der Waals surface area contributed by atoms with Crippen molar-refractivity contribution in [3.05, 3.63) is 30.3 Å². The van der Waals surface area contributed by atoms with Gasteiger partial charge in [0.2, 0.25) is 11.7 Å². The summed E-state index contributed by atoms with van der Waals surface area (Å²) in [5, 5.41) is 7.08. The SMILES string of the molecule is CCCNCc1nc(-c2ccccn2)no1. The van der Waals surface area contributed by atoms with Crippen LogP contribution in [0.4, 0.5) is 0 Å². The minimum Gasteiger partial charge on any atom is -0.337 e. The number of pyridine rings is 1. The Hall–Kier alpha value is -1.75. The lowest BCUT2D eigenvalue weighted by atomic mass is 10.3. The van der Waals surface area contributed by atoms with E-state index in [9.17, 15) is 0 Å². The summed E-state index contributed by atoms with van der Waals surface area (Å²) in [4.78, 5) is 8.40. The van der Waals surface area contributed by atoms with Gasteiger partial charge in [0.05, 0.1) is 6.54 Å². The maximum absolute atomic E-state index is 5.10. The Labute approximate surface area is 93.9 Å². The summed E-state index contributed by atoms with van der Waals surface area (Å²) in [5.41, 5.74) is 0.730. The molecule has 16 heavy (non-hydrogen) atoms. The first kappa shape index (κ1) is 10.8. The van der Waals surface area contributed by atoms with Crippen LogP contribution in [0.1, 0.15) is 19.2 Å². The minimum atomic E-state index is 0.536. The average molecular weight is 218 g/mol. The molecule has 0 aromatic carbocycles. The van der Waals surface area contributed by atoms with Crippen LogP contribution >= 0.6 is 0 Å². The highest BCUT2D eigenvalue weighted by atomic mass is 16.5. The van der Waals surface area contributed by atoms with E-state index >= 15 is 0 Å². The van der Waals surface area contributed by atoms with E-state index < -0.39 is 0 Å². The molecule has 0 amide bonds. The van der Waals surface area contributed by atoms with Crippen LogP contribution in [0, 0.1) is 0 Å². The largest absolute Gasteiger partial charge is 0.337 e. The third-order valence-corrected chi connectivity index (χ3v) is 2.07. The molecule has 0 spiro atoms. The molecule has 0 bridgehead atoms. The van der Waals surface area contributed by atoms with Gasteiger partial charge in [-0.15, -0.1) is 0 Å². The summed E-state index contributed by atoms with van der Waals surface area (Å²) in [7, 11) is 0. The Morgan fingerprint density at radius 1 is 1.38 bits per heavy atom. The minimum absolute atomic E-state index is 0.536. The highest BCUT2D eigenvalue weighted by Crippen LogP contribution is 2.11. The van der Waals surface area contributed by atoms with E-state index in [0.29, 0.717) is 18.3 Å². The second kappa shape index (κ2) is 5.37. The maximum Gasteiger partial charge on any atom is 0.240 e. The Morgan fingerprint density at radius 2 is 2.31 bits per heavy atom. The van der Waals surface area contributed by atoms with Crippen LogP contribution in [0.3, 0.4) is 0 Å². The summed E-state index contributed by atoms with van der Waals surface area (Å²) in [6.07, 6.45) is 2.79. The van der Waals surface area contributed by atoms with E-state index in [2.05, 4.69) is 27.4 Å². The van der Waals surface area contributed by atoms with Gasteiger partial charge in [-0.3, -0.25) is 4.98 Å². The van der Waals surface area contributed by atoms with E-state index in [-0.39, 0.29) is 0 Å². The van der Waals surface area contributed by atoms with Crippen molar-refractivity contribution in [1.82, 2.24) is 20.4 Å². The third-order valence-electron chi connectivity index (χ3n) is 2.07. The number of hydrogen-bond donors (Lipinski definition) is 1. The molecule has 0 unspecified atom stereocenters. The van der Waals surface area contributed by atoms with E-state index in [1.807, 2.05) is 18.2 Å². The van der Waals surface area contributed by atoms with Gasteiger partial charge in [0, 0.05) is 6.20 Å². The summed E-state index contributed by atoms with van der Waals surface area (Å²) in [5.74, 6) is 1.13. The van der Waals surface area contributed by atoms with Gasteiger partial charge >= 0.3 is 0 Å². The monoisotopic (exact) mass is 218 g/mol. The van der Waals surface area contributed by atoms with Crippen LogP contribution in [-0.4, -0.2) is 21.7 Å². The normalized spacial score (nSPS) is 10.6. The zero-order valence-electron chi connectivity index (χ0n) is 9.18. The highest BCUT2D eigenvalue weighted by molar-refractivity contribution is 5.46. The molecule has 0 saturated carbocycles. The Morgan fingerprint density at radius 3 is 3.06 bits per heavy atom. The summed E-state index contributed by atoms with van der Waals surface area (Å²) in [6, 6.07) is 5.61. The lowest BCUT2D eigenvalue weighted by Gasteiger charge is -1.95. The zero-order valence-corrected chi connectivity index (χ0v) is 9.18. The molecule has 84 valence electrons. The Kier molecular flexibility index (Phi) is 3.61. The first-order valence-corrected chi connectivity index (χ1v) is 5.35. The van der Waals surface area contributed by atoms with Gasteiger partial charge in [-0.25, -0.2) is 0 Å². The predicted molar refractivity (Wildman–Crippen MR) is 59.5 cm³/mol. The average Bonchev–Trinajstić information content (AvgIpc) is 2.79. The molecule has 0 saturated heterocycles. The molecule has 0 radical (unpaired) electrons. The predicted octanol–water partition coefficient (Wildman–Crippen LogP) is 1.63. The molecule has 5 heteroatoms. The molecule has 0 aliphatic heterocycles. The fourth-order valence-electron chi connectivity index (χ4n) is 1.30. The van der Waals surface area contributed by atoms with Gasteiger partial charge < -0.3 is 9.84 Å². The Bertz CT molecular complexity index is 427. The van der Waals surface area contributed by atoms with Crippen LogP contribution < -0.4 is 5.32 Å². The van der Waals surface area contributed by atoms with Crippen molar-refractivity contribution in [3.8, 4) is 11.5 Å². The van der Waals surface area contributed by atoms with Gasteiger partial charge in [0.1, 0.15) is 5.69 Å². The molecule has 5 nitrogen and oxygen atoms in total. The lowest BCUT2D eigenvalue weighted by Crippen LogP contribution is -2.13. The van der Waals surface area contributed by atoms with Crippen molar-refractivity contribution in [1.29, 1.82) is 0 Å². The van der Waals surface area contributed by atoms with Crippen LogP contribution in [0.15, 0.2) is 28.9 Å². The molecular weight excluding hydrogens is 204 g/mol. The van der Waals surface area contributed by atoms with Crippen molar-refractivity contribution in [2.24, 2.45) is 0 Å². The highest BCUT2D eigenvalue weighted by Gasteiger charge is 2.08. The van der Waals surface area contributed by atoms with Crippen LogP contribution in [0.2, 0.25) is 0 Å². The van der Waals surface area contributed by atoms with E-state index in [1.54, 1.807) is 6.20 Å². The van der Waals surface area contributed by atoms with Crippen LogP contribution in [0.25, 0.3) is 11.5 Å². The second-order valence-electron chi connectivity index (χ2n) is 3.40. The van der Waals surface area contributed by atoms with Crippen molar-refractivity contribution in [2.45, 2.75) is 19.9 Å². The summed E-state index contributed by atoms with van der Waals surface area (Å²) >= 11 is 0. The van der Waals surface area contributed by atoms with Gasteiger partial charge in [-0.2, -0.15) is 4.98 Å². The molecule has 2 rings (SSSR count). The summed E-state index contributed by atoms with van der Waals surface area (Å²) < 4.78 is 5.10. The number of nitrogens with zero attached hydrogens (tertiary/aromatic N) is 3. The van der Waals surface area contributed by atoms with E-state index in [1.165, 1.54) is 0 Å². The quantitative estimate of drug-likeness (QED) is 0.773. The maximum atomic E-state index is 5.10. The fourth-order valence-corrected chi connectivity index (χ4v) is 1.30. The number of rotatable bonds is 5. The molecular formula is C11H14N4O. The third kappa shape index (κ3) is 2.64. The topological polar surface area (TPSA) is 63.8 Å². The first-order valence-electron chi connectivity index (χ1n) is 5.35. The first-order chi connectivity index (χ1) is 7.90.